The molecule has 0 saturated heterocycles. The third-order valence-corrected chi connectivity index (χ3v) is 5.25. The molecule has 2 aliphatic rings. The summed E-state index contributed by atoms with van der Waals surface area (Å²) in [6.45, 7) is 1.77. The monoisotopic (exact) mass is 441 g/mol. The highest BCUT2D eigenvalue weighted by Gasteiger charge is 2.45. The molecule has 0 spiro atoms. The summed E-state index contributed by atoms with van der Waals surface area (Å²) in [7, 11) is 3.30. The lowest BCUT2D eigenvalue weighted by Gasteiger charge is -2.29. The maximum atomic E-state index is 12.7. The highest BCUT2D eigenvalue weighted by atomic mass is 35.5. The SMILES string of the molecule is CC1=NC2=NC(c3ccc(Cl)cc3)=C[N+]2(c2ccc(Cl)cc2)C=C1C(=O)ON(C)C. The van der Waals surface area contributed by atoms with Gasteiger partial charge in [-0.25, -0.2) is 4.79 Å². The molecule has 1 unspecified atom stereocenters. The van der Waals surface area contributed by atoms with E-state index in [0.717, 1.165) is 16.9 Å². The van der Waals surface area contributed by atoms with Crippen molar-refractivity contribution < 1.29 is 9.63 Å². The normalized spacial score (nSPS) is 20.2. The van der Waals surface area contributed by atoms with E-state index in [1.165, 1.54) is 5.06 Å². The number of quaternary nitrogens is 1. The first-order chi connectivity index (χ1) is 14.3. The molecular weight excluding hydrogens is 423 g/mol. The van der Waals surface area contributed by atoms with Crippen molar-refractivity contribution in [3.05, 3.63) is 82.1 Å². The second-order valence-corrected chi connectivity index (χ2v) is 7.99. The van der Waals surface area contributed by atoms with Gasteiger partial charge in [-0.3, -0.25) is 0 Å². The van der Waals surface area contributed by atoms with E-state index >= 15 is 0 Å². The van der Waals surface area contributed by atoms with E-state index in [1.54, 1.807) is 39.4 Å². The molecule has 0 radical (unpaired) electrons. The summed E-state index contributed by atoms with van der Waals surface area (Å²) >= 11 is 12.1. The largest absolute Gasteiger partial charge is 0.364 e. The van der Waals surface area contributed by atoms with Crippen molar-refractivity contribution in [1.82, 2.24) is 9.55 Å². The zero-order chi connectivity index (χ0) is 21.5. The molecule has 0 N–H and O–H groups in total. The number of carbonyl (C=O) groups excluding carboxylic acids is 1. The molecule has 0 bridgehead atoms. The molecule has 0 saturated carbocycles. The van der Waals surface area contributed by atoms with E-state index in [0.29, 0.717) is 27.3 Å². The Labute approximate surface area is 184 Å². The van der Waals surface area contributed by atoms with Crippen molar-refractivity contribution in [3.63, 3.8) is 0 Å². The minimum absolute atomic E-state index is 0.0460. The Bertz CT molecular complexity index is 1130. The minimum Gasteiger partial charge on any atom is -0.364 e. The van der Waals surface area contributed by atoms with Crippen LogP contribution in [0.15, 0.2) is 76.5 Å². The second kappa shape index (κ2) is 7.81. The van der Waals surface area contributed by atoms with Crippen LogP contribution in [-0.4, -0.2) is 36.8 Å². The molecule has 6 nitrogen and oxygen atoms in total. The van der Waals surface area contributed by atoms with Crippen LogP contribution in [0.5, 0.6) is 0 Å². The fourth-order valence-electron chi connectivity index (χ4n) is 3.31. The van der Waals surface area contributed by atoms with E-state index in [4.69, 9.17) is 33.0 Å². The fraction of sp³-hybridized carbons (Fsp3) is 0.136. The molecule has 2 aromatic rings. The van der Waals surface area contributed by atoms with Crippen LogP contribution in [0.25, 0.3) is 5.70 Å². The Morgan fingerprint density at radius 3 is 2.13 bits per heavy atom. The van der Waals surface area contributed by atoms with Crippen molar-refractivity contribution in [2.24, 2.45) is 9.98 Å². The number of aliphatic imine (C=N–C) groups is 2. The standard InChI is InChI=1S/C22H19Cl2N4O2/c1-14-19(21(29)30-27(2)3)12-28(18-10-8-17(24)9-11-18)13-20(26-22(28)25-14)15-4-6-16(23)7-5-15/h4-13H,1-3H3/q+1. The number of hydrogen-bond acceptors (Lipinski definition) is 5. The predicted molar refractivity (Wildman–Crippen MR) is 121 cm³/mol. The van der Waals surface area contributed by atoms with Gasteiger partial charge in [0.15, 0.2) is 0 Å². The van der Waals surface area contributed by atoms with Gasteiger partial charge in [0.05, 0.1) is 5.71 Å². The zero-order valence-corrected chi connectivity index (χ0v) is 18.1. The van der Waals surface area contributed by atoms with Gasteiger partial charge in [0.25, 0.3) is 0 Å². The lowest BCUT2D eigenvalue weighted by Crippen LogP contribution is -2.46. The number of fused-ring (bicyclic) bond motifs is 1. The molecule has 8 heteroatoms. The number of carbonyl (C=O) groups is 1. The Hall–Kier alpha value is -2.77. The first-order valence-corrected chi connectivity index (χ1v) is 9.95. The van der Waals surface area contributed by atoms with Crippen molar-refractivity contribution in [2.75, 3.05) is 14.1 Å². The topological polar surface area (TPSA) is 54.3 Å². The molecule has 2 heterocycles. The van der Waals surface area contributed by atoms with Gasteiger partial charge in [0.2, 0.25) is 0 Å². The summed E-state index contributed by atoms with van der Waals surface area (Å²) in [5.41, 5.74) is 3.37. The van der Waals surface area contributed by atoms with Gasteiger partial charge in [-0.05, 0) is 31.2 Å². The number of nitrogens with zero attached hydrogens (tertiary/aromatic N) is 4. The van der Waals surface area contributed by atoms with Gasteiger partial charge in [-0.15, -0.1) is 5.06 Å². The maximum absolute atomic E-state index is 12.7. The molecule has 0 amide bonds. The third kappa shape index (κ3) is 3.70. The molecule has 0 aromatic heterocycles. The number of hydrogen-bond donors (Lipinski definition) is 0. The fourth-order valence-corrected chi connectivity index (χ4v) is 3.56. The van der Waals surface area contributed by atoms with Crippen LogP contribution in [-0.2, 0) is 9.63 Å². The van der Waals surface area contributed by atoms with E-state index in [1.807, 2.05) is 42.6 Å². The van der Waals surface area contributed by atoms with Gasteiger partial charge >= 0.3 is 11.9 Å². The van der Waals surface area contributed by atoms with Crippen LogP contribution in [0.2, 0.25) is 10.0 Å². The summed E-state index contributed by atoms with van der Waals surface area (Å²) < 4.78 is 0.0460. The van der Waals surface area contributed by atoms with Crippen LogP contribution < -0.4 is 4.48 Å². The third-order valence-electron chi connectivity index (χ3n) is 4.75. The lowest BCUT2D eigenvalue weighted by atomic mass is 10.1. The summed E-state index contributed by atoms with van der Waals surface area (Å²) in [5, 5.41) is 2.61. The number of halogens is 2. The Morgan fingerprint density at radius 2 is 1.53 bits per heavy atom. The minimum atomic E-state index is -0.486. The van der Waals surface area contributed by atoms with Crippen molar-refractivity contribution in [2.45, 2.75) is 6.92 Å². The van der Waals surface area contributed by atoms with Crippen LogP contribution >= 0.6 is 23.2 Å². The number of rotatable bonds is 4. The highest BCUT2D eigenvalue weighted by Crippen LogP contribution is 2.39. The molecule has 2 aliphatic heterocycles. The molecule has 4 rings (SSSR count). The first kappa shape index (κ1) is 20.5. The predicted octanol–water partition coefficient (Wildman–Crippen LogP) is 5.05. The summed E-state index contributed by atoms with van der Waals surface area (Å²) in [4.78, 5) is 27.4. The summed E-state index contributed by atoms with van der Waals surface area (Å²) in [6, 6.07) is 14.8. The second-order valence-electron chi connectivity index (χ2n) is 7.12. The summed E-state index contributed by atoms with van der Waals surface area (Å²) in [6.07, 6.45) is 3.75. The van der Waals surface area contributed by atoms with Crippen LogP contribution in [0.3, 0.4) is 0 Å². The summed E-state index contributed by atoms with van der Waals surface area (Å²) in [5.74, 6) is 0.0429. The lowest BCUT2D eigenvalue weighted by molar-refractivity contribution is -0.172. The van der Waals surface area contributed by atoms with Crippen molar-refractivity contribution in [3.8, 4) is 0 Å². The number of hydroxylamine groups is 2. The number of benzene rings is 2. The average molecular weight is 442 g/mol. The van der Waals surface area contributed by atoms with Crippen LogP contribution in [0.4, 0.5) is 5.69 Å². The first-order valence-electron chi connectivity index (χ1n) is 9.19. The van der Waals surface area contributed by atoms with Crippen molar-refractivity contribution in [1.29, 1.82) is 0 Å². The number of guanidine groups is 1. The van der Waals surface area contributed by atoms with E-state index in [9.17, 15) is 4.79 Å². The van der Waals surface area contributed by atoms with E-state index in [2.05, 4.69) is 4.99 Å². The van der Waals surface area contributed by atoms with Crippen molar-refractivity contribution >= 4 is 52.2 Å². The Morgan fingerprint density at radius 1 is 0.933 bits per heavy atom. The van der Waals surface area contributed by atoms with E-state index in [-0.39, 0.29) is 4.48 Å². The molecule has 30 heavy (non-hydrogen) atoms. The van der Waals surface area contributed by atoms with Gasteiger partial charge in [0.1, 0.15) is 29.4 Å². The molecule has 152 valence electrons. The maximum Gasteiger partial charge on any atom is 0.364 e. The molecule has 2 aromatic carbocycles. The molecule has 1 atom stereocenters. The molecule has 0 fully saturated rings. The zero-order valence-electron chi connectivity index (χ0n) is 16.6. The van der Waals surface area contributed by atoms with Gasteiger partial charge in [-0.2, -0.15) is 14.5 Å². The average Bonchev–Trinajstić information content (AvgIpc) is 3.07. The van der Waals surface area contributed by atoms with Crippen LogP contribution in [0.1, 0.15) is 12.5 Å². The van der Waals surface area contributed by atoms with Crippen LogP contribution in [0, 0.1) is 0 Å². The van der Waals surface area contributed by atoms with Gasteiger partial charge in [-0.1, -0.05) is 35.3 Å². The quantitative estimate of drug-likeness (QED) is 0.492. The Kier molecular flexibility index (Phi) is 5.34. The molecular formula is C22H19Cl2N4O2+. The smallest absolute Gasteiger partial charge is 0.364 e. The van der Waals surface area contributed by atoms with Gasteiger partial charge < -0.3 is 4.84 Å². The van der Waals surface area contributed by atoms with E-state index < -0.39 is 5.97 Å². The highest BCUT2D eigenvalue weighted by molar-refractivity contribution is 6.31. The van der Waals surface area contributed by atoms with Gasteiger partial charge in [0, 0.05) is 41.8 Å². The Balaban J connectivity index is 1.89. The molecule has 0 aliphatic carbocycles.